The minimum atomic E-state index is -0.715. The van der Waals surface area contributed by atoms with Crippen molar-refractivity contribution in [2.45, 2.75) is 5.03 Å². The molecular formula is C17H16ClN3O5S. The van der Waals surface area contributed by atoms with Crippen molar-refractivity contribution in [2.75, 3.05) is 20.0 Å². The Morgan fingerprint density at radius 3 is 2.67 bits per heavy atom. The third-order valence-corrected chi connectivity index (χ3v) is 4.19. The highest BCUT2D eigenvalue weighted by Crippen LogP contribution is 2.22. The molecular weight excluding hydrogens is 394 g/mol. The molecule has 0 saturated heterocycles. The highest BCUT2D eigenvalue weighted by atomic mass is 35.5. The van der Waals surface area contributed by atoms with Crippen LogP contribution in [0.1, 0.15) is 20.7 Å². The average Bonchev–Trinajstić information content (AvgIpc) is 2.69. The quantitative estimate of drug-likeness (QED) is 0.427. The summed E-state index contributed by atoms with van der Waals surface area (Å²) >= 11 is 7.14. The topological polar surface area (TPSA) is 107 Å². The van der Waals surface area contributed by atoms with Crippen molar-refractivity contribution in [3.8, 4) is 5.75 Å². The van der Waals surface area contributed by atoms with Gasteiger partial charge in [0.05, 0.1) is 18.2 Å². The van der Waals surface area contributed by atoms with Gasteiger partial charge < -0.3 is 9.47 Å². The fourth-order valence-electron chi connectivity index (χ4n) is 2.01. The van der Waals surface area contributed by atoms with E-state index in [1.165, 1.54) is 31.0 Å². The predicted octanol–water partition coefficient (Wildman–Crippen LogP) is 2.08. The molecule has 1 aromatic heterocycles. The number of carbonyl (C=O) groups is 3. The van der Waals surface area contributed by atoms with Crippen LogP contribution in [0.15, 0.2) is 41.6 Å². The molecule has 10 heteroatoms. The number of methoxy groups -OCH3 is 1. The average molecular weight is 410 g/mol. The monoisotopic (exact) mass is 409 g/mol. The summed E-state index contributed by atoms with van der Waals surface area (Å²) in [4.78, 5) is 40.0. The van der Waals surface area contributed by atoms with Crippen molar-refractivity contribution in [1.29, 1.82) is 0 Å². The van der Waals surface area contributed by atoms with Gasteiger partial charge in [0.15, 0.2) is 6.61 Å². The van der Waals surface area contributed by atoms with E-state index >= 15 is 0 Å². The number of nitrogens with zero attached hydrogens (tertiary/aromatic N) is 1. The Kier molecular flexibility index (Phi) is 7.44. The zero-order valence-electron chi connectivity index (χ0n) is 14.4. The van der Waals surface area contributed by atoms with Gasteiger partial charge in [-0.05, 0) is 36.6 Å². The summed E-state index contributed by atoms with van der Waals surface area (Å²) in [6.07, 6.45) is 3.32. The second-order valence-electron chi connectivity index (χ2n) is 4.98. The summed E-state index contributed by atoms with van der Waals surface area (Å²) in [5.74, 6) is -1.75. The first-order valence-corrected chi connectivity index (χ1v) is 9.15. The highest BCUT2D eigenvalue weighted by Gasteiger charge is 2.16. The van der Waals surface area contributed by atoms with Crippen LogP contribution in [0, 0.1) is 0 Å². The van der Waals surface area contributed by atoms with Crippen LogP contribution >= 0.6 is 23.4 Å². The first kappa shape index (κ1) is 20.5. The van der Waals surface area contributed by atoms with Crippen molar-refractivity contribution in [1.82, 2.24) is 15.8 Å². The number of amides is 2. The van der Waals surface area contributed by atoms with E-state index < -0.39 is 24.4 Å². The molecule has 2 rings (SSSR count). The van der Waals surface area contributed by atoms with Crippen LogP contribution in [0.5, 0.6) is 5.75 Å². The summed E-state index contributed by atoms with van der Waals surface area (Å²) in [5, 5.41) is 0.825. The van der Waals surface area contributed by atoms with Gasteiger partial charge in [-0.3, -0.25) is 20.4 Å². The summed E-state index contributed by atoms with van der Waals surface area (Å²) in [7, 11) is 1.40. The molecule has 2 N–H and O–H groups in total. The fraction of sp³-hybridized carbons (Fsp3) is 0.176. The number of rotatable bonds is 6. The Labute approximate surface area is 164 Å². The van der Waals surface area contributed by atoms with Crippen LogP contribution in [-0.2, 0) is 9.53 Å². The maximum Gasteiger partial charge on any atom is 0.341 e. The fourth-order valence-corrected chi connectivity index (χ4v) is 2.71. The number of thioether (sulfide) groups is 1. The van der Waals surface area contributed by atoms with Gasteiger partial charge in [-0.2, -0.15) is 0 Å². The van der Waals surface area contributed by atoms with E-state index in [9.17, 15) is 14.4 Å². The summed E-state index contributed by atoms with van der Waals surface area (Å²) < 4.78 is 10.0. The van der Waals surface area contributed by atoms with Crippen LogP contribution in [0.2, 0.25) is 5.02 Å². The summed E-state index contributed by atoms with van der Waals surface area (Å²) in [6.45, 7) is -0.575. The lowest BCUT2D eigenvalue weighted by atomic mass is 10.2. The molecule has 1 heterocycles. The van der Waals surface area contributed by atoms with Gasteiger partial charge >= 0.3 is 5.97 Å². The maximum absolute atomic E-state index is 12.1. The first-order chi connectivity index (χ1) is 13.0. The number of aromatic nitrogens is 1. The largest absolute Gasteiger partial charge is 0.496 e. The number of carbonyl (C=O) groups excluding carboxylic acids is 3. The molecule has 0 spiro atoms. The Morgan fingerprint density at radius 1 is 1.19 bits per heavy atom. The molecule has 0 aliphatic rings. The molecule has 0 aliphatic heterocycles. The molecule has 142 valence electrons. The van der Waals surface area contributed by atoms with Crippen molar-refractivity contribution < 1.29 is 23.9 Å². The molecule has 8 nitrogen and oxygen atoms in total. The Morgan fingerprint density at radius 2 is 1.96 bits per heavy atom. The Balaban J connectivity index is 1.88. The molecule has 0 saturated carbocycles. The lowest BCUT2D eigenvalue weighted by Crippen LogP contribution is -2.43. The van der Waals surface area contributed by atoms with E-state index in [1.54, 1.807) is 30.7 Å². The summed E-state index contributed by atoms with van der Waals surface area (Å²) in [5.41, 5.74) is 4.75. The van der Waals surface area contributed by atoms with Crippen LogP contribution < -0.4 is 15.6 Å². The number of esters is 1. The van der Waals surface area contributed by atoms with Gasteiger partial charge in [-0.1, -0.05) is 11.6 Å². The van der Waals surface area contributed by atoms with E-state index in [0.29, 0.717) is 15.8 Å². The minimum Gasteiger partial charge on any atom is -0.496 e. The van der Waals surface area contributed by atoms with Crippen molar-refractivity contribution in [2.24, 2.45) is 0 Å². The van der Waals surface area contributed by atoms with Gasteiger partial charge in [0.1, 0.15) is 10.8 Å². The van der Waals surface area contributed by atoms with E-state index in [1.807, 2.05) is 0 Å². The Bertz CT molecular complexity index is 862. The second-order valence-corrected chi connectivity index (χ2v) is 6.21. The zero-order chi connectivity index (χ0) is 19.8. The van der Waals surface area contributed by atoms with Gasteiger partial charge in [-0.15, -0.1) is 11.8 Å². The first-order valence-electron chi connectivity index (χ1n) is 7.55. The SMILES string of the molecule is COc1ccc(Cl)cc1C(=O)NNC(=O)COC(=O)c1cccnc1SC. The summed E-state index contributed by atoms with van der Waals surface area (Å²) in [6, 6.07) is 7.63. The number of hydrogen-bond donors (Lipinski definition) is 2. The number of hydrazine groups is 1. The molecule has 2 aromatic rings. The van der Waals surface area contributed by atoms with E-state index in [0.717, 1.165) is 0 Å². The second kappa shape index (κ2) is 9.79. The van der Waals surface area contributed by atoms with Crippen molar-refractivity contribution >= 4 is 41.1 Å². The highest BCUT2D eigenvalue weighted by molar-refractivity contribution is 7.98. The normalized spacial score (nSPS) is 10.0. The number of benzene rings is 1. The molecule has 27 heavy (non-hydrogen) atoms. The van der Waals surface area contributed by atoms with E-state index in [-0.39, 0.29) is 11.1 Å². The van der Waals surface area contributed by atoms with Crippen LogP contribution in [0.4, 0.5) is 0 Å². The number of hydrogen-bond acceptors (Lipinski definition) is 7. The number of pyridine rings is 1. The van der Waals surface area contributed by atoms with Gasteiger partial charge in [0.25, 0.3) is 11.8 Å². The minimum absolute atomic E-state index is 0.141. The molecule has 0 radical (unpaired) electrons. The maximum atomic E-state index is 12.1. The number of ether oxygens (including phenoxy) is 2. The van der Waals surface area contributed by atoms with Crippen LogP contribution in [0.25, 0.3) is 0 Å². The third kappa shape index (κ3) is 5.60. The molecule has 1 aromatic carbocycles. The van der Waals surface area contributed by atoms with Gasteiger partial charge in [-0.25, -0.2) is 9.78 Å². The van der Waals surface area contributed by atoms with Crippen LogP contribution in [-0.4, -0.2) is 42.7 Å². The molecule has 0 bridgehead atoms. The molecule has 0 aliphatic carbocycles. The number of nitrogens with one attached hydrogen (secondary N) is 2. The number of halogens is 1. The Hall–Kier alpha value is -2.78. The van der Waals surface area contributed by atoms with Crippen molar-refractivity contribution in [3.63, 3.8) is 0 Å². The zero-order valence-corrected chi connectivity index (χ0v) is 16.0. The lowest BCUT2D eigenvalue weighted by Gasteiger charge is -2.11. The van der Waals surface area contributed by atoms with Gasteiger partial charge in [0.2, 0.25) is 0 Å². The lowest BCUT2D eigenvalue weighted by molar-refractivity contribution is -0.125. The van der Waals surface area contributed by atoms with E-state index in [2.05, 4.69) is 15.8 Å². The molecule has 0 atom stereocenters. The van der Waals surface area contributed by atoms with Crippen molar-refractivity contribution in [3.05, 3.63) is 52.7 Å². The third-order valence-electron chi connectivity index (χ3n) is 3.24. The molecule has 2 amide bonds. The standard InChI is InChI=1S/C17H16ClN3O5S/c1-25-13-6-5-10(18)8-12(13)15(23)21-20-14(22)9-26-17(24)11-4-3-7-19-16(11)27-2/h3-8H,9H2,1-2H3,(H,20,22)(H,21,23). The molecule has 0 unspecified atom stereocenters. The van der Waals surface area contributed by atoms with Crippen LogP contribution in [0.3, 0.4) is 0 Å². The van der Waals surface area contributed by atoms with E-state index in [4.69, 9.17) is 21.1 Å². The predicted molar refractivity (Wildman–Crippen MR) is 99.9 cm³/mol. The van der Waals surface area contributed by atoms with Gasteiger partial charge in [0, 0.05) is 11.2 Å². The molecule has 0 fully saturated rings. The smallest absolute Gasteiger partial charge is 0.341 e.